The van der Waals surface area contributed by atoms with Gasteiger partial charge < -0.3 is 0 Å². The number of halogens is 2. The van der Waals surface area contributed by atoms with Gasteiger partial charge in [0.2, 0.25) is 5.65 Å². The van der Waals surface area contributed by atoms with Gasteiger partial charge in [0.25, 0.3) is 0 Å². The van der Waals surface area contributed by atoms with Gasteiger partial charge in [-0.15, -0.1) is 10.2 Å². The van der Waals surface area contributed by atoms with Crippen molar-refractivity contribution < 1.29 is 0 Å². The fraction of sp³-hybridized carbons (Fsp3) is 0.105. The largest absolute Gasteiger partial charge is 0.300 e. The predicted octanol–water partition coefficient (Wildman–Crippen LogP) is 4.90. The summed E-state index contributed by atoms with van der Waals surface area (Å²) >= 11 is 11.2. The lowest BCUT2D eigenvalue weighted by molar-refractivity contribution is 0.890. The van der Waals surface area contributed by atoms with E-state index in [2.05, 4.69) is 38.3 Å². The lowest BCUT2D eigenvalue weighted by Crippen LogP contribution is -2.21. The van der Waals surface area contributed by atoms with Crippen molar-refractivity contribution in [3.63, 3.8) is 0 Å². The van der Waals surface area contributed by atoms with Crippen LogP contribution in [0.15, 0.2) is 69.3 Å². The van der Waals surface area contributed by atoms with Crippen LogP contribution in [-0.4, -0.2) is 19.2 Å². The molecule has 4 rings (SSSR count). The third-order valence-corrected chi connectivity index (χ3v) is 6.11. The minimum atomic E-state index is -0.232. The van der Waals surface area contributed by atoms with Crippen LogP contribution in [0, 0.1) is 6.92 Å². The first kappa shape index (κ1) is 18.3. The van der Waals surface area contributed by atoms with E-state index in [4.69, 9.17) is 11.6 Å². The van der Waals surface area contributed by atoms with Gasteiger partial charge in [0.1, 0.15) is 0 Å². The molecule has 4 aromatic rings. The Morgan fingerprint density at radius 3 is 2.78 bits per heavy atom. The molecular formula is C19H14BrClN4OS. The Hall–Kier alpha value is -2.09. The van der Waals surface area contributed by atoms with Crippen LogP contribution in [-0.2, 0) is 5.75 Å². The molecule has 0 saturated heterocycles. The summed E-state index contributed by atoms with van der Waals surface area (Å²) in [4.78, 5) is 12.9. The van der Waals surface area contributed by atoms with Gasteiger partial charge in [-0.2, -0.15) is 0 Å². The molecule has 0 unspecified atom stereocenters. The van der Waals surface area contributed by atoms with Crippen molar-refractivity contribution in [1.82, 2.24) is 19.2 Å². The number of aromatic nitrogens is 4. The highest BCUT2D eigenvalue weighted by atomic mass is 79.9. The fourth-order valence-corrected chi connectivity index (χ4v) is 4.26. The molecule has 0 aliphatic heterocycles. The van der Waals surface area contributed by atoms with Gasteiger partial charge in [0, 0.05) is 27.6 Å². The summed E-state index contributed by atoms with van der Waals surface area (Å²) in [5.74, 6) is 0.733. The average Bonchev–Trinajstić information content (AvgIpc) is 3.07. The van der Waals surface area contributed by atoms with Crippen LogP contribution < -0.4 is 5.56 Å². The second-order valence-electron chi connectivity index (χ2n) is 5.95. The van der Waals surface area contributed by atoms with Gasteiger partial charge in [0.15, 0.2) is 5.16 Å². The van der Waals surface area contributed by atoms with Crippen LogP contribution in [0.25, 0.3) is 11.3 Å². The molecular weight excluding hydrogens is 448 g/mol. The molecule has 2 heterocycles. The van der Waals surface area contributed by atoms with Gasteiger partial charge in [0.05, 0.1) is 5.69 Å². The van der Waals surface area contributed by atoms with E-state index in [9.17, 15) is 4.79 Å². The van der Waals surface area contributed by atoms with Crippen LogP contribution >= 0.6 is 39.3 Å². The molecule has 0 spiro atoms. The molecule has 0 bridgehead atoms. The number of benzene rings is 2. The van der Waals surface area contributed by atoms with Crippen LogP contribution in [0.3, 0.4) is 0 Å². The third kappa shape index (κ3) is 3.54. The molecule has 0 aliphatic carbocycles. The van der Waals surface area contributed by atoms with Gasteiger partial charge >= 0.3 is 5.56 Å². The van der Waals surface area contributed by atoms with E-state index in [1.165, 1.54) is 11.8 Å². The zero-order chi connectivity index (χ0) is 19.0. The first-order valence-electron chi connectivity index (χ1n) is 8.14. The highest BCUT2D eigenvalue weighted by molar-refractivity contribution is 9.10. The lowest BCUT2D eigenvalue weighted by Gasteiger charge is -2.10. The molecule has 0 amide bonds. The molecule has 5 nitrogen and oxygen atoms in total. The maximum absolute atomic E-state index is 12.9. The van der Waals surface area contributed by atoms with Crippen molar-refractivity contribution in [3.05, 3.63) is 85.8 Å². The molecule has 0 saturated carbocycles. The van der Waals surface area contributed by atoms with Crippen LogP contribution in [0.4, 0.5) is 0 Å². The molecule has 8 heteroatoms. The summed E-state index contributed by atoms with van der Waals surface area (Å²) in [6.45, 7) is 1.89. The molecule has 2 aromatic carbocycles. The maximum Gasteiger partial charge on any atom is 0.300 e. The first-order chi connectivity index (χ1) is 13.0. The smallest absolute Gasteiger partial charge is 0.279 e. The first-order valence-corrected chi connectivity index (χ1v) is 10.3. The molecule has 0 radical (unpaired) electrons. The van der Waals surface area contributed by atoms with Crippen LogP contribution in [0.5, 0.6) is 0 Å². The quantitative estimate of drug-likeness (QED) is 0.406. The van der Waals surface area contributed by atoms with E-state index < -0.39 is 0 Å². The van der Waals surface area contributed by atoms with Gasteiger partial charge in [-0.1, -0.05) is 57.5 Å². The van der Waals surface area contributed by atoms with Crippen molar-refractivity contribution in [2.24, 2.45) is 0 Å². The summed E-state index contributed by atoms with van der Waals surface area (Å²) in [5, 5.41) is 9.59. The summed E-state index contributed by atoms with van der Waals surface area (Å²) in [7, 11) is 0. The van der Waals surface area contributed by atoms with Crippen molar-refractivity contribution in [1.29, 1.82) is 0 Å². The maximum atomic E-state index is 12.9. The summed E-state index contributed by atoms with van der Waals surface area (Å²) in [6.07, 6.45) is 3.53. The fourth-order valence-electron chi connectivity index (χ4n) is 2.79. The molecule has 27 heavy (non-hydrogen) atoms. The van der Waals surface area contributed by atoms with Crippen molar-refractivity contribution in [3.8, 4) is 5.69 Å². The molecule has 0 fully saturated rings. The summed E-state index contributed by atoms with van der Waals surface area (Å²) in [5.41, 5.74) is 2.79. The van der Waals surface area contributed by atoms with Crippen LogP contribution in [0.2, 0.25) is 5.02 Å². The number of nitrogens with zero attached hydrogens (tertiary/aromatic N) is 4. The summed E-state index contributed by atoms with van der Waals surface area (Å²) < 4.78 is 4.31. The SMILES string of the molecule is Cc1c(Cl)cccc1-n1ccn2c(SCc3cccc(Br)c3)nnc2c1=O. The Bertz CT molecular complexity index is 1200. The Labute approximate surface area is 173 Å². The summed E-state index contributed by atoms with van der Waals surface area (Å²) in [6, 6.07) is 13.6. The Balaban J connectivity index is 1.70. The number of thioether (sulfide) groups is 1. The number of rotatable bonds is 4. The average molecular weight is 462 g/mol. The van der Waals surface area contributed by atoms with E-state index in [-0.39, 0.29) is 11.2 Å². The van der Waals surface area contributed by atoms with E-state index >= 15 is 0 Å². The van der Waals surface area contributed by atoms with Crippen molar-refractivity contribution >= 4 is 44.9 Å². The van der Waals surface area contributed by atoms with E-state index in [1.807, 2.05) is 31.2 Å². The Morgan fingerprint density at radius 1 is 1.15 bits per heavy atom. The molecule has 0 atom stereocenters. The highest BCUT2D eigenvalue weighted by Gasteiger charge is 2.14. The predicted molar refractivity (Wildman–Crippen MR) is 112 cm³/mol. The van der Waals surface area contributed by atoms with E-state index in [1.54, 1.807) is 27.4 Å². The standard InChI is InChI=1S/C19H14BrClN4OS/c1-12-15(21)6-3-7-16(12)24-8-9-25-17(18(24)26)22-23-19(25)27-11-13-4-2-5-14(20)10-13/h2-10H,11H2,1H3. The topological polar surface area (TPSA) is 52.2 Å². The van der Waals surface area contributed by atoms with Crippen molar-refractivity contribution in [2.45, 2.75) is 17.8 Å². The van der Waals surface area contributed by atoms with Crippen LogP contribution in [0.1, 0.15) is 11.1 Å². The van der Waals surface area contributed by atoms with Gasteiger partial charge in [-0.3, -0.25) is 13.8 Å². The van der Waals surface area contributed by atoms with Gasteiger partial charge in [-0.05, 0) is 42.3 Å². The second-order valence-corrected chi connectivity index (χ2v) is 8.22. The molecule has 136 valence electrons. The molecule has 0 aliphatic rings. The number of hydrogen-bond donors (Lipinski definition) is 0. The lowest BCUT2D eigenvalue weighted by atomic mass is 10.2. The minimum absolute atomic E-state index is 0.232. The monoisotopic (exact) mass is 460 g/mol. The van der Waals surface area contributed by atoms with Crippen molar-refractivity contribution in [2.75, 3.05) is 0 Å². The Kier molecular flexibility index (Phi) is 5.08. The zero-order valence-electron chi connectivity index (χ0n) is 14.3. The highest BCUT2D eigenvalue weighted by Crippen LogP contribution is 2.24. The normalized spacial score (nSPS) is 11.2. The molecule has 0 N–H and O–H groups in total. The minimum Gasteiger partial charge on any atom is -0.279 e. The third-order valence-electron chi connectivity index (χ3n) is 4.20. The molecule has 2 aromatic heterocycles. The Morgan fingerprint density at radius 2 is 1.96 bits per heavy atom. The second kappa shape index (κ2) is 7.50. The number of fused-ring (bicyclic) bond motifs is 1. The zero-order valence-corrected chi connectivity index (χ0v) is 17.4. The van der Waals surface area contributed by atoms with E-state index in [0.29, 0.717) is 10.2 Å². The van der Waals surface area contributed by atoms with Gasteiger partial charge in [-0.25, -0.2) is 0 Å². The van der Waals surface area contributed by atoms with E-state index in [0.717, 1.165) is 27.0 Å². The number of hydrogen-bond acceptors (Lipinski definition) is 4.